The summed E-state index contributed by atoms with van der Waals surface area (Å²) in [5, 5.41) is 10.9. The van der Waals surface area contributed by atoms with E-state index in [9.17, 15) is 13.5 Å². The molecule has 0 bridgehead atoms. The third-order valence-electron chi connectivity index (χ3n) is 4.95. The summed E-state index contributed by atoms with van der Waals surface area (Å²) < 4.78 is 28.1. The van der Waals surface area contributed by atoms with Crippen molar-refractivity contribution in [1.29, 1.82) is 0 Å². The molecular formula is C24H37ClN2O3S. The number of hydrogen-bond donors (Lipinski definition) is 2. The first kappa shape index (κ1) is 27.4. The Morgan fingerprint density at radius 3 is 1.87 bits per heavy atom. The van der Waals surface area contributed by atoms with Crippen molar-refractivity contribution in [1.82, 2.24) is 0 Å². The first-order valence-corrected chi connectivity index (χ1v) is 12.2. The van der Waals surface area contributed by atoms with Crippen molar-refractivity contribution in [3.05, 3.63) is 60.2 Å². The Bertz CT molecular complexity index is 861. The molecule has 0 heterocycles. The highest BCUT2D eigenvalue weighted by Crippen LogP contribution is 2.24. The summed E-state index contributed by atoms with van der Waals surface area (Å²) in [6, 6.07) is 15.8. The molecule has 0 radical (unpaired) electrons. The van der Waals surface area contributed by atoms with E-state index in [1.165, 1.54) is 9.21 Å². The summed E-state index contributed by atoms with van der Waals surface area (Å²) in [4.78, 5) is 1.53. The maximum Gasteiger partial charge on any atom is 0.264 e. The Kier molecular flexibility index (Phi) is 11.0. The van der Waals surface area contributed by atoms with Crippen LogP contribution in [0.2, 0.25) is 0 Å². The molecule has 1 atom stereocenters. The number of sulfonamides is 1. The number of nitrogens with one attached hydrogen (secondary N) is 1. The third-order valence-corrected chi connectivity index (χ3v) is 6.76. The van der Waals surface area contributed by atoms with Crippen LogP contribution in [0.5, 0.6) is 0 Å². The maximum absolute atomic E-state index is 13.4. The van der Waals surface area contributed by atoms with Crippen molar-refractivity contribution in [2.75, 3.05) is 30.5 Å². The maximum atomic E-state index is 13.4. The number of halogens is 1. The average Bonchev–Trinajstić information content (AvgIpc) is 2.66. The minimum absolute atomic E-state index is 0. The van der Waals surface area contributed by atoms with Crippen LogP contribution < -0.4 is 21.6 Å². The zero-order chi connectivity index (χ0) is 22.3. The van der Waals surface area contributed by atoms with Gasteiger partial charge in [-0.15, -0.1) is 0 Å². The van der Waals surface area contributed by atoms with Gasteiger partial charge in [-0.3, -0.25) is 4.31 Å². The van der Waals surface area contributed by atoms with Gasteiger partial charge in [-0.1, -0.05) is 63.6 Å². The first-order chi connectivity index (χ1) is 14.1. The predicted octanol–water partition coefficient (Wildman–Crippen LogP) is -0.248. The fraction of sp³-hybridized carbons (Fsp3) is 0.500. The molecule has 1 unspecified atom stereocenters. The predicted molar refractivity (Wildman–Crippen MR) is 123 cm³/mol. The first-order valence-electron chi connectivity index (χ1n) is 10.8. The summed E-state index contributed by atoms with van der Waals surface area (Å²) in [6.07, 6.45) is -0.766. The van der Waals surface area contributed by atoms with Gasteiger partial charge in [0.2, 0.25) is 0 Å². The molecule has 0 saturated heterocycles. The number of anilines is 1. The van der Waals surface area contributed by atoms with Crippen LogP contribution in [0.15, 0.2) is 59.5 Å². The van der Waals surface area contributed by atoms with Crippen LogP contribution in [0.25, 0.3) is 0 Å². The van der Waals surface area contributed by atoms with Crippen molar-refractivity contribution >= 4 is 15.7 Å². The molecule has 0 fully saturated rings. The molecule has 2 aromatic carbocycles. The number of aliphatic hydroxyl groups is 1. The SMILES string of the molecule is Cc1ccc(N(CC(O)C[NH+](CC(C)C)CC(C)C)S(=O)(=O)c2ccccc2)cc1.[Cl-]. The molecule has 5 nitrogen and oxygen atoms in total. The van der Waals surface area contributed by atoms with Gasteiger partial charge in [0.05, 0.1) is 30.2 Å². The van der Waals surface area contributed by atoms with E-state index in [0.717, 1.165) is 18.7 Å². The fourth-order valence-corrected chi connectivity index (χ4v) is 5.29. The van der Waals surface area contributed by atoms with Gasteiger partial charge in [0.15, 0.2) is 0 Å². The lowest BCUT2D eigenvalue weighted by atomic mass is 10.1. The van der Waals surface area contributed by atoms with Gasteiger partial charge in [-0.05, 0) is 31.2 Å². The minimum Gasteiger partial charge on any atom is -1.00 e. The zero-order valence-electron chi connectivity index (χ0n) is 19.3. The van der Waals surface area contributed by atoms with Crippen molar-refractivity contribution in [2.24, 2.45) is 11.8 Å². The average molecular weight is 469 g/mol. The van der Waals surface area contributed by atoms with E-state index >= 15 is 0 Å². The van der Waals surface area contributed by atoms with Crippen LogP contribution in [-0.4, -0.2) is 45.8 Å². The number of nitrogens with zero attached hydrogens (tertiary/aromatic N) is 1. The molecule has 7 heteroatoms. The molecule has 0 aliphatic rings. The van der Waals surface area contributed by atoms with Crippen LogP contribution in [0.1, 0.15) is 33.3 Å². The summed E-state index contributed by atoms with van der Waals surface area (Å²) in [5.41, 5.74) is 1.62. The Balaban J connectivity index is 0.00000480. The molecule has 0 spiro atoms. The number of benzene rings is 2. The van der Waals surface area contributed by atoms with Crippen LogP contribution in [-0.2, 0) is 10.0 Å². The normalized spacial score (nSPS) is 12.8. The second kappa shape index (κ2) is 12.4. The molecule has 0 amide bonds. The monoisotopic (exact) mass is 468 g/mol. The topological polar surface area (TPSA) is 62.1 Å². The van der Waals surface area contributed by atoms with Gasteiger partial charge in [0.25, 0.3) is 10.0 Å². The number of rotatable bonds is 11. The van der Waals surface area contributed by atoms with Gasteiger partial charge >= 0.3 is 0 Å². The lowest BCUT2D eigenvalue weighted by molar-refractivity contribution is -0.909. The van der Waals surface area contributed by atoms with Gasteiger partial charge in [-0.2, -0.15) is 0 Å². The van der Waals surface area contributed by atoms with E-state index in [1.54, 1.807) is 42.5 Å². The van der Waals surface area contributed by atoms with E-state index in [-0.39, 0.29) is 23.8 Å². The Morgan fingerprint density at radius 2 is 1.39 bits per heavy atom. The highest BCUT2D eigenvalue weighted by molar-refractivity contribution is 7.92. The van der Waals surface area contributed by atoms with E-state index in [2.05, 4.69) is 27.7 Å². The van der Waals surface area contributed by atoms with Crippen molar-refractivity contribution in [3.63, 3.8) is 0 Å². The summed E-state index contributed by atoms with van der Waals surface area (Å²) in [6.45, 7) is 13.1. The van der Waals surface area contributed by atoms with E-state index in [4.69, 9.17) is 0 Å². The van der Waals surface area contributed by atoms with Crippen LogP contribution in [0.3, 0.4) is 0 Å². The van der Waals surface area contributed by atoms with Gasteiger partial charge in [0.1, 0.15) is 12.6 Å². The Morgan fingerprint density at radius 1 is 0.871 bits per heavy atom. The number of hydrogen-bond acceptors (Lipinski definition) is 3. The highest BCUT2D eigenvalue weighted by Gasteiger charge is 2.29. The van der Waals surface area contributed by atoms with Crippen molar-refractivity contribution < 1.29 is 30.8 Å². The molecule has 174 valence electrons. The fourth-order valence-electron chi connectivity index (χ4n) is 3.77. The van der Waals surface area contributed by atoms with Gasteiger partial charge < -0.3 is 22.4 Å². The second-order valence-electron chi connectivity index (χ2n) is 8.99. The Labute approximate surface area is 194 Å². The molecule has 2 aromatic rings. The largest absolute Gasteiger partial charge is 1.00 e. The van der Waals surface area contributed by atoms with E-state index in [1.807, 2.05) is 19.1 Å². The zero-order valence-corrected chi connectivity index (χ0v) is 20.8. The summed E-state index contributed by atoms with van der Waals surface area (Å²) in [5.74, 6) is 1.01. The molecule has 0 aliphatic heterocycles. The molecular weight excluding hydrogens is 432 g/mol. The number of quaternary nitrogens is 1. The van der Waals surface area contributed by atoms with E-state index in [0.29, 0.717) is 24.1 Å². The second-order valence-corrected chi connectivity index (χ2v) is 10.9. The molecule has 0 aromatic heterocycles. The van der Waals surface area contributed by atoms with E-state index < -0.39 is 16.1 Å². The van der Waals surface area contributed by atoms with Crippen LogP contribution in [0.4, 0.5) is 5.69 Å². The standard InChI is InChI=1S/C24H36N2O3S.ClH/c1-19(2)15-25(16-20(3)4)17-23(27)18-26(22-13-11-21(5)12-14-22)30(28,29)24-9-7-6-8-10-24;/h6-14,19-20,23,27H,15-18H2,1-5H3;1H. The van der Waals surface area contributed by atoms with Crippen LogP contribution in [0, 0.1) is 18.8 Å². The lowest BCUT2D eigenvalue weighted by Crippen LogP contribution is -3.14. The smallest absolute Gasteiger partial charge is 0.264 e. The highest BCUT2D eigenvalue weighted by atomic mass is 35.5. The number of aliphatic hydroxyl groups excluding tert-OH is 1. The minimum atomic E-state index is -3.78. The molecule has 2 rings (SSSR count). The molecule has 0 saturated carbocycles. The van der Waals surface area contributed by atoms with Gasteiger partial charge in [-0.25, -0.2) is 8.42 Å². The van der Waals surface area contributed by atoms with Gasteiger partial charge in [0, 0.05) is 11.8 Å². The third kappa shape index (κ3) is 8.45. The number of aryl methyl sites for hydroxylation is 1. The quantitative estimate of drug-likeness (QED) is 0.478. The Hall–Kier alpha value is -1.60. The molecule has 0 aliphatic carbocycles. The molecule has 2 N–H and O–H groups in total. The summed E-state index contributed by atoms with van der Waals surface area (Å²) >= 11 is 0. The molecule has 31 heavy (non-hydrogen) atoms. The summed E-state index contributed by atoms with van der Waals surface area (Å²) in [7, 11) is -3.78. The van der Waals surface area contributed by atoms with Crippen molar-refractivity contribution in [3.8, 4) is 0 Å². The lowest BCUT2D eigenvalue weighted by Gasteiger charge is -2.30. The van der Waals surface area contributed by atoms with Crippen LogP contribution >= 0.6 is 0 Å². The van der Waals surface area contributed by atoms with Crippen molar-refractivity contribution in [2.45, 2.75) is 45.6 Å².